The molecule has 1 saturated heterocycles. The topological polar surface area (TPSA) is 109 Å². The number of aliphatic hydroxyl groups is 3. The van der Waals surface area contributed by atoms with Gasteiger partial charge in [-0.15, -0.1) is 0 Å². The quantitative estimate of drug-likeness (QED) is 0.437. The number of ether oxygens (including phenoxy) is 2. The molecule has 0 aromatic heterocycles. The maximum absolute atomic E-state index is 11.3. The Hall–Kier alpha value is -1.55. The highest BCUT2D eigenvalue weighted by molar-refractivity contribution is 5.46. The lowest BCUT2D eigenvalue weighted by Gasteiger charge is -2.44. The summed E-state index contributed by atoms with van der Waals surface area (Å²) >= 11 is 0. The molecule has 1 aliphatic heterocycles. The van der Waals surface area contributed by atoms with E-state index in [4.69, 9.17) is 19.4 Å². The maximum atomic E-state index is 11.3. The van der Waals surface area contributed by atoms with Crippen LogP contribution in [-0.4, -0.2) is 71.2 Å². The van der Waals surface area contributed by atoms with Crippen LogP contribution in [0.1, 0.15) is 5.56 Å². The van der Waals surface area contributed by atoms with Crippen molar-refractivity contribution in [1.82, 2.24) is 5.06 Å². The zero-order valence-corrected chi connectivity index (χ0v) is 12.7. The molecule has 0 bridgehead atoms. The third-order valence-corrected chi connectivity index (χ3v) is 3.70. The normalized spacial score (nSPS) is 30.9. The van der Waals surface area contributed by atoms with E-state index in [0.29, 0.717) is 6.41 Å². The summed E-state index contributed by atoms with van der Waals surface area (Å²) in [5.74, 6) is 0. The van der Waals surface area contributed by atoms with E-state index in [-0.39, 0.29) is 6.61 Å². The van der Waals surface area contributed by atoms with Crippen LogP contribution in [0.4, 0.5) is 0 Å². The van der Waals surface area contributed by atoms with Crippen LogP contribution in [0.25, 0.3) is 0 Å². The minimum absolute atomic E-state index is 0.0960. The summed E-state index contributed by atoms with van der Waals surface area (Å²) in [5, 5.41) is 30.2. The van der Waals surface area contributed by atoms with Gasteiger partial charge in [0.1, 0.15) is 31.0 Å². The van der Waals surface area contributed by atoms with E-state index >= 15 is 0 Å². The Morgan fingerprint density at radius 3 is 2.52 bits per heavy atom. The van der Waals surface area contributed by atoms with Gasteiger partial charge in [-0.2, -0.15) is 0 Å². The van der Waals surface area contributed by atoms with Gasteiger partial charge in [0.15, 0.2) is 6.29 Å². The lowest BCUT2D eigenvalue weighted by molar-refractivity contribution is -0.317. The van der Waals surface area contributed by atoms with E-state index in [0.717, 1.165) is 10.6 Å². The predicted molar refractivity (Wildman–Crippen MR) is 77.7 cm³/mol. The molecule has 0 radical (unpaired) electrons. The van der Waals surface area contributed by atoms with Crippen LogP contribution in [0.2, 0.25) is 0 Å². The first-order chi connectivity index (χ1) is 11.1. The molecule has 0 spiro atoms. The van der Waals surface area contributed by atoms with E-state index in [2.05, 4.69) is 0 Å². The molecule has 8 heteroatoms. The largest absolute Gasteiger partial charge is 0.394 e. The summed E-state index contributed by atoms with van der Waals surface area (Å²) in [6.45, 7) is -0.393. The van der Waals surface area contributed by atoms with Crippen LogP contribution in [0.5, 0.6) is 0 Å². The summed E-state index contributed by atoms with van der Waals surface area (Å²) in [6, 6.07) is 8.08. The molecule has 0 aliphatic carbocycles. The van der Waals surface area contributed by atoms with Gasteiger partial charge in [0.25, 0.3) is 0 Å². The van der Waals surface area contributed by atoms with Gasteiger partial charge in [-0.25, -0.2) is 5.06 Å². The number of aliphatic hydroxyl groups excluding tert-OH is 3. The molecule has 1 aromatic rings. The number of carbonyl (C=O) groups excluding carboxylic acids is 1. The Labute approximate surface area is 133 Å². The van der Waals surface area contributed by atoms with Gasteiger partial charge in [-0.05, 0) is 5.56 Å². The molecule has 0 saturated carbocycles. The van der Waals surface area contributed by atoms with E-state index < -0.39 is 37.3 Å². The van der Waals surface area contributed by atoms with Gasteiger partial charge < -0.3 is 24.8 Å². The van der Waals surface area contributed by atoms with E-state index in [1.54, 1.807) is 0 Å². The van der Waals surface area contributed by atoms with Crippen molar-refractivity contribution in [2.45, 2.75) is 37.3 Å². The van der Waals surface area contributed by atoms with Crippen molar-refractivity contribution in [3.8, 4) is 0 Å². The second kappa shape index (κ2) is 8.34. The summed E-state index contributed by atoms with van der Waals surface area (Å²) < 4.78 is 10.5. The number of amides is 1. The maximum Gasteiger partial charge on any atom is 0.233 e. The molecule has 5 atom stereocenters. The van der Waals surface area contributed by atoms with E-state index in [1.165, 1.54) is 7.11 Å². The lowest BCUT2D eigenvalue weighted by Crippen LogP contribution is -2.64. The van der Waals surface area contributed by atoms with E-state index in [9.17, 15) is 15.0 Å². The first-order valence-electron chi connectivity index (χ1n) is 7.18. The van der Waals surface area contributed by atoms with Crippen molar-refractivity contribution in [2.75, 3.05) is 13.7 Å². The number of rotatable bonds is 7. The molecule has 1 fully saturated rings. The van der Waals surface area contributed by atoms with Gasteiger partial charge in [-0.3, -0.25) is 9.63 Å². The molecule has 3 N–H and O–H groups in total. The average molecular weight is 327 g/mol. The summed E-state index contributed by atoms with van der Waals surface area (Å²) in [4.78, 5) is 16.7. The van der Waals surface area contributed by atoms with Crippen molar-refractivity contribution >= 4 is 6.41 Å². The molecular weight excluding hydrogens is 306 g/mol. The van der Waals surface area contributed by atoms with Gasteiger partial charge >= 0.3 is 0 Å². The fourth-order valence-corrected chi connectivity index (χ4v) is 2.44. The van der Waals surface area contributed by atoms with Gasteiger partial charge in [0.2, 0.25) is 6.41 Å². The number of benzene rings is 1. The molecule has 8 nitrogen and oxygen atoms in total. The van der Waals surface area contributed by atoms with E-state index in [1.807, 2.05) is 30.3 Å². The first kappa shape index (κ1) is 17.8. The van der Waals surface area contributed by atoms with Crippen LogP contribution in [0, 0.1) is 0 Å². The summed E-state index contributed by atoms with van der Waals surface area (Å²) in [6.07, 6.45) is -4.44. The Bertz CT molecular complexity index is 484. The highest BCUT2D eigenvalue weighted by Gasteiger charge is 2.47. The average Bonchev–Trinajstić information content (AvgIpc) is 2.59. The Morgan fingerprint density at radius 1 is 1.26 bits per heavy atom. The molecule has 1 aliphatic rings. The fourth-order valence-electron chi connectivity index (χ4n) is 2.44. The molecule has 2 rings (SSSR count). The second-order valence-electron chi connectivity index (χ2n) is 5.16. The van der Waals surface area contributed by atoms with Crippen LogP contribution < -0.4 is 0 Å². The highest BCUT2D eigenvalue weighted by Crippen LogP contribution is 2.25. The Kier molecular flexibility index (Phi) is 6.46. The lowest BCUT2D eigenvalue weighted by atomic mass is 9.97. The summed E-state index contributed by atoms with van der Waals surface area (Å²) in [5.41, 5.74) is 0.827. The third-order valence-electron chi connectivity index (χ3n) is 3.70. The van der Waals surface area contributed by atoms with Crippen molar-refractivity contribution in [3.63, 3.8) is 0 Å². The van der Waals surface area contributed by atoms with Crippen LogP contribution >= 0.6 is 0 Å². The third kappa shape index (κ3) is 4.05. The van der Waals surface area contributed by atoms with Crippen LogP contribution in [0.15, 0.2) is 30.3 Å². The highest BCUT2D eigenvalue weighted by atomic mass is 16.7. The molecule has 1 aromatic carbocycles. The fraction of sp³-hybridized carbons (Fsp3) is 0.533. The van der Waals surface area contributed by atoms with Crippen LogP contribution in [0.3, 0.4) is 0 Å². The van der Waals surface area contributed by atoms with Crippen molar-refractivity contribution in [1.29, 1.82) is 0 Å². The molecule has 0 unspecified atom stereocenters. The smallest absolute Gasteiger partial charge is 0.233 e. The monoisotopic (exact) mass is 327 g/mol. The minimum atomic E-state index is -1.40. The standard InChI is InChI=1S/C15H21NO7/c1-21-15-12(14(20)13(19)11(7-17)23-15)16(9-18)22-8-10-5-3-2-4-6-10/h2-6,9,11-15,17,19-20H,7-8H2,1H3/t11-,12+,13-,14-,15+/m1/s1. The Balaban J connectivity index is 2.09. The van der Waals surface area contributed by atoms with Crippen LogP contribution in [-0.2, 0) is 25.7 Å². The van der Waals surface area contributed by atoms with Gasteiger partial charge in [0, 0.05) is 7.11 Å². The number of hydroxylamine groups is 2. The molecule has 1 heterocycles. The molecular formula is C15H21NO7. The number of methoxy groups -OCH3 is 1. The number of hydrogen-bond acceptors (Lipinski definition) is 7. The first-order valence-corrected chi connectivity index (χ1v) is 7.18. The number of nitrogens with zero attached hydrogens (tertiary/aromatic N) is 1. The molecule has 23 heavy (non-hydrogen) atoms. The predicted octanol–water partition coefficient (Wildman–Crippen LogP) is -0.969. The number of carbonyl (C=O) groups is 1. The van der Waals surface area contributed by atoms with Gasteiger partial charge in [0.05, 0.1) is 6.61 Å². The number of hydrogen-bond donors (Lipinski definition) is 3. The minimum Gasteiger partial charge on any atom is -0.394 e. The Morgan fingerprint density at radius 2 is 1.96 bits per heavy atom. The molecule has 128 valence electrons. The van der Waals surface area contributed by atoms with Gasteiger partial charge in [-0.1, -0.05) is 30.3 Å². The zero-order valence-electron chi connectivity index (χ0n) is 12.7. The van der Waals surface area contributed by atoms with Crippen molar-refractivity contribution < 1.29 is 34.4 Å². The second-order valence-corrected chi connectivity index (χ2v) is 5.16. The molecule has 1 amide bonds. The summed E-state index contributed by atoms with van der Waals surface area (Å²) in [7, 11) is 1.33. The SMILES string of the molecule is CO[C@H]1O[C@H](CO)[C@@H](O)[C@H](O)[C@@H]1N(C=O)OCc1ccccc1. The van der Waals surface area contributed by atoms with Crippen molar-refractivity contribution in [3.05, 3.63) is 35.9 Å². The zero-order chi connectivity index (χ0) is 16.8. The van der Waals surface area contributed by atoms with Crippen molar-refractivity contribution in [2.24, 2.45) is 0 Å².